The van der Waals surface area contributed by atoms with Gasteiger partial charge in [0.15, 0.2) is 0 Å². The van der Waals surface area contributed by atoms with E-state index < -0.39 is 10.1 Å². The van der Waals surface area contributed by atoms with Crippen molar-refractivity contribution in [2.45, 2.75) is 30.8 Å². The summed E-state index contributed by atoms with van der Waals surface area (Å²) >= 11 is 0. The zero-order valence-electron chi connectivity index (χ0n) is 9.59. The van der Waals surface area contributed by atoms with Crippen LogP contribution in [0.2, 0.25) is 0 Å². The van der Waals surface area contributed by atoms with Gasteiger partial charge in [-0.25, -0.2) is 0 Å². The summed E-state index contributed by atoms with van der Waals surface area (Å²) in [6, 6.07) is 6.62. The number of benzene rings is 1. The Labute approximate surface area is 102 Å². The van der Waals surface area contributed by atoms with Gasteiger partial charge in [0.25, 0.3) is 10.1 Å². The van der Waals surface area contributed by atoms with Gasteiger partial charge in [-0.05, 0) is 31.9 Å². The van der Waals surface area contributed by atoms with Gasteiger partial charge >= 0.3 is 0 Å². The lowest BCUT2D eigenvalue weighted by Crippen LogP contribution is -2.32. The Kier molecular flexibility index (Phi) is 3.23. The first kappa shape index (κ1) is 12.2. The first-order chi connectivity index (χ1) is 8.01. The summed E-state index contributed by atoms with van der Waals surface area (Å²) in [7, 11) is -3.64. The van der Waals surface area contributed by atoms with E-state index in [4.69, 9.17) is 10.6 Å². The van der Waals surface area contributed by atoms with Crippen LogP contribution in [-0.4, -0.2) is 14.5 Å². The topological polar surface area (TPSA) is 43.4 Å². The molecule has 1 aromatic carbocycles. The van der Waals surface area contributed by atoms with Gasteiger partial charge in [0.1, 0.15) is 0 Å². The van der Waals surface area contributed by atoms with Gasteiger partial charge in [-0.1, -0.05) is 17.7 Å². The fourth-order valence-electron chi connectivity index (χ4n) is 1.72. The highest BCUT2D eigenvalue weighted by Crippen LogP contribution is 2.31. The maximum absolute atomic E-state index is 11.9. The second-order valence-electron chi connectivity index (χ2n) is 4.32. The predicted molar refractivity (Wildman–Crippen MR) is 64.8 cm³/mol. The Morgan fingerprint density at radius 1 is 1.29 bits per heavy atom. The van der Waals surface area contributed by atoms with Crippen LogP contribution < -0.4 is 0 Å². The van der Waals surface area contributed by atoms with E-state index >= 15 is 0 Å². The molecule has 0 radical (unpaired) electrons. The third-order valence-electron chi connectivity index (χ3n) is 2.90. The lowest BCUT2D eigenvalue weighted by molar-refractivity contribution is 0.0970. The van der Waals surface area contributed by atoms with Crippen molar-refractivity contribution in [1.29, 1.82) is 0 Å². The van der Waals surface area contributed by atoms with Crippen LogP contribution in [0.1, 0.15) is 18.4 Å². The van der Waals surface area contributed by atoms with Crippen molar-refractivity contribution in [1.82, 2.24) is 0 Å². The summed E-state index contributed by atoms with van der Waals surface area (Å²) in [5.74, 6) is 2.75. The molecule has 0 atom stereocenters. The quantitative estimate of drug-likeness (QED) is 0.609. The van der Waals surface area contributed by atoms with Crippen LogP contribution in [0.15, 0.2) is 29.2 Å². The average Bonchev–Trinajstić information content (AvgIpc) is 2.23. The van der Waals surface area contributed by atoms with Crippen molar-refractivity contribution in [3.8, 4) is 12.3 Å². The second kappa shape index (κ2) is 4.52. The Balaban J connectivity index is 2.05. The number of aryl methyl sites for hydroxylation is 1. The SMILES string of the molecule is C#CC1CC(OS(=O)(=O)c2ccc(C)cc2)C1. The van der Waals surface area contributed by atoms with Crippen molar-refractivity contribution in [2.75, 3.05) is 0 Å². The monoisotopic (exact) mass is 250 g/mol. The molecule has 1 saturated carbocycles. The van der Waals surface area contributed by atoms with Crippen LogP contribution in [-0.2, 0) is 14.3 Å². The van der Waals surface area contributed by atoms with Crippen LogP contribution in [0, 0.1) is 25.2 Å². The zero-order chi connectivity index (χ0) is 12.5. The molecule has 0 saturated heterocycles. The van der Waals surface area contributed by atoms with E-state index in [2.05, 4.69) is 5.92 Å². The van der Waals surface area contributed by atoms with Crippen LogP contribution in [0.25, 0.3) is 0 Å². The minimum Gasteiger partial charge on any atom is -0.263 e. The number of hydrogen-bond donors (Lipinski definition) is 0. The van der Waals surface area contributed by atoms with E-state index in [1.54, 1.807) is 24.3 Å². The summed E-state index contributed by atoms with van der Waals surface area (Å²) in [6.07, 6.45) is 6.22. The molecule has 1 aliphatic rings. The molecule has 0 spiro atoms. The van der Waals surface area contributed by atoms with Crippen molar-refractivity contribution >= 4 is 10.1 Å². The highest BCUT2D eigenvalue weighted by Gasteiger charge is 2.33. The fraction of sp³-hybridized carbons (Fsp3) is 0.385. The molecule has 0 bridgehead atoms. The highest BCUT2D eigenvalue weighted by atomic mass is 32.2. The third kappa shape index (κ3) is 2.68. The van der Waals surface area contributed by atoms with E-state index in [1.807, 2.05) is 6.92 Å². The van der Waals surface area contributed by atoms with E-state index in [1.165, 1.54) is 0 Å². The largest absolute Gasteiger partial charge is 0.297 e. The van der Waals surface area contributed by atoms with Crippen molar-refractivity contribution in [3.63, 3.8) is 0 Å². The van der Waals surface area contributed by atoms with Gasteiger partial charge in [-0.15, -0.1) is 12.3 Å². The van der Waals surface area contributed by atoms with Crippen LogP contribution >= 0.6 is 0 Å². The van der Waals surface area contributed by atoms with E-state index in [9.17, 15) is 8.42 Å². The Morgan fingerprint density at radius 3 is 2.41 bits per heavy atom. The molecule has 0 aliphatic heterocycles. The molecule has 17 heavy (non-hydrogen) atoms. The van der Waals surface area contributed by atoms with Gasteiger partial charge < -0.3 is 0 Å². The van der Waals surface area contributed by atoms with Gasteiger partial charge in [0.2, 0.25) is 0 Å². The van der Waals surface area contributed by atoms with Crippen LogP contribution in [0.4, 0.5) is 0 Å². The molecule has 0 amide bonds. The maximum Gasteiger partial charge on any atom is 0.297 e. The minimum absolute atomic E-state index is 0.160. The number of hydrogen-bond acceptors (Lipinski definition) is 3. The average molecular weight is 250 g/mol. The number of terminal acetylenes is 1. The van der Waals surface area contributed by atoms with Crippen LogP contribution in [0.5, 0.6) is 0 Å². The van der Waals surface area contributed by atoms with Gasteiger partial charge in [-0.2, -0.15) is 8.42 Å². The van der Waals surface area contributed by atoms with E-state index in [-0.39, 0.29) is 16.9 Å². The molecular formula is C13H14O3S. The molecule has 1 aromatic rings. The van der Waals surface area contributed by atoms with Gasteiger partial charge in [-0.3, -0.25) is 4.18 Å². The Morgan fingerprint density at radius 2 is 1.88 bits per heavy atom. The third-order valence-corrected chi connectivity index (χ3v) is 4.28. The summed E-state index contributed by atoms with van der Waals surface area (Å²) in [5, 5.41) is 0. The summed E-state index contributed by atoms with van der Waals surface area (Å²) in [6.45, 7) is 1.90. The van der Waals surface area contributed by atoms with Crippen molar-refractivity contribution < 1.29 is 12.6 Å². The summed E-state index contributed by atoms with van der Waals surface area (Å²) in [5.41, 5.74) is 1.01. The molecule has 1 aliphatic carbocycles. The van der Waals surface area contributed by atoms with Crippen LogP contribution in [0.3, 0.4) is 0 Å². The van der Waals surface area contributed by atoms with Crippen molar-refractivity contribution in [2.24, 2.45) is 5.92 Å². The molecule has 4 heteroatoms. The molecule has 2 rings (SSSR count). The predicted octanol–water partition coefficient (Wildman–Crippen LogP) is 2.11. The molecule has 0 aromatic heterocycles. The molecule has 1 fully saturated rings. The van der Waals surface area contributed by atoms with E-state index in [0.29, 0.717) is 12.8 Å². The van der Waals surface area contributed by atoms with Crippen molar-refractivity contribution in [3.05, 3.63) is 29.8 Å². The molecule has 0 N–H and O–H groups in total. The normalized spacial score (nSPS) is 23.8. The fourth-order valence-corrected chi connectivity index (χ4v) is 2.82. The van der Waals surface area contributed by atoms with Gasteiger partial charge in [0.05, 0.1) is 11.0 Å². The first-order valence-corrected chi connectivity index (χ1v) is 6.88. The lowest BCUT2D eigenvalue weighted by atomic mass is 9.83. The minimum atomic E-state index is -3.64. The molecule has 90 valence electrons. The maximum atomic E-state index is 11.9. The lowest BCUT2D eigenvalue weighted by Gasteiger charge is -2.30. The molecule has 0 heterocycles. The summed E-state index contributed by atoms with van der Waals surface area (Å²) < 4.78 is 28.8. The first-order valence-electron chi connectivity index (χ1n) is 5.47. The van der Waals surface area contributed by atoms with E-state index in [0.717, 1.165) is 5.56 Å². The Bertz CT molecular complexity index is 531. The smallest absolute Gasteiger partial charge is 0.263 e. The zero-order valence-corrected chi connectivity index (χ0v) is 10.4. The second-order valence-corrected chi connectivity index (χ2v) is 5.89. The molecule has 0 unspecified atom stereocenters. The highest BCUT2D eigenvalue weighted by molar-refractivity contribution is 7.86. The molecule has 3 nitrogen and oxygen atoms in total. The standard InChI is InChI=1S/C13H14O3S/c1-3-11-8-12(9-11)16-17(14,15)13-6-4-10(2)5-7-13/h1,4-7,11-12H,8-9H2,2H3. The molecular weight excluding hydrogens is 236 g/mol. The van der Waals surface area contributed by atoms with Gasteiger partial charge in [0, 0.05) is 5.92 Å². The summed E-state index contributed by atoms with van der Waals surface area (Å²) in [4.78, 5) is 0.201. The number of rotatable bonds is 3. The Hall–Kier alpha value is -1.31.